The van der Waals surface area contributed by atoms with E-state index in [4.69, 9.17) is 24.7 Å². The third kappa shape index (κ3) is 6.36. The molecule has 1 aromatic rings. The number of nitrogens with zero attached hydrogens (tertiary/aromatic N) is 1. The van der Waals surface area contributed by atoms with Crippen molar-refractivity contribution in [2.24, 2.45) is 11.7 Å². The average Bonchev–Trinajstić information content (AvgIpc) is 2.75. The van der Waals surface area contributed by atoms with E-state index in [1.165, 1.54) is 25.3 Å². The number of piperidine rings is 1. The Morgan fingerprint density at radius 1 is 1.07 bits per heavy atom. The minimum atomic E-state index is -0.704. The Morgan fingerprint density at radius 3 is 2.37 bits per heavy atom. The van der Waals surface area contributed by atoms with Gasteiger partial charge in [-0.3, -0.25) is 14.4 Å². The summed E-state index contributed by atoms with van der Waals surface area (Å²) in [4.78, 5) is 48.7. The standard InChI is InChI=1S/C20H26N2O8/c1-3-28-19(25)13-6-8-22(9-7-13)18(24)12-30-20(26)14-4-5-15(16(10-14)27-2)29-11-17(21)23/h4-5,10,13H,3,6-9,11-12H2,1-2H3,(H2,21,23). The van der Waals surface area contributed by atoms with Crippen LogP contribution in [0.3, 0.4) is 0 Å². The third-order valence-electron chi connectivity index (χ3n) is 4.56. The molecular weight excluding hydrogens is 396 g/mol. The first-order valence-corrected chi connectivity index (χ1v) is 9.56. The number of likely N-dealkylation sites (tertiary alicyclic amines) is 1. The SMILES string of the molecule is CCOC(=O)C1CCN(C(=O)COC(=O)c2ccc(OCC(N)=O)c(OC)c2)CC1. The molecule has 10 nitrogen and oxygen atoms in total. The van der Waals surface area contributed by atoms with E-state index < -0.39 is 18.5 Å². The van der Waals surface area contributed by atoms with Crippen molar-refractivity contribution in [3.8, 4) is 11.5 Å². The normalized spacial score (nSPS) is 14.0. The summed E-state index contributed by atoms with van der Waals surface area (Å²) in [5.41, 5.74) is 5.20. The second-order valence-corrected chi connectivity index (χ2v) is 6.60. The molecule has 164 valence electrons. The van der Waals surface area contributed by atoms with Gasteiger partial charge in [0.15, 0.2) is 24.7 Å². The second-order valence-electron chi connectivity index (χ2n) is 6.60. The molecule has 1 fully saturated rings. The minimum absolute atomic E-state index is 0.159. The fraction of sp³-hybridized carbons (Fsp3) is 0.500. The number of primary amides is 1. The zero-order chi connectivity index (χ0) is 22.1. The van der Waals surface area contributed by atoms with Gasteiger partial charge in [0, 0.05) is 13.1 Å². The molecule has 10 heteroatoms. The summed E-state index contributed by atoms with van der Waals surface area (Å²) < 4.78 is 20.4. The summed E-state index contributed by atoms with van der Waals surface area (Å²) in [6.45, 7) is 2.14. The van der Waals surface area contributed by atoms with Crippen LogP contribution in [-0.4, -0.2) is 68.7 Å². The molecule has 0 unspecified atom stereocenters. The lowest BCUT2D eigenvalue weighted by molar-refractivity contribution is -0.151. The first kappa shape index (κ1) is 23.0. The maximum Gasteiger partial charge on any atom is 0.338 e. The molecule has 0 radical (unpaired) electrons. The molecule has 1 aliphatic rings. The number of hydrogen-bond donors (Lipinski definition) is 1. The number of esters is 2. The molecule has 2 N–H and O–H groups in total. The van der Waals surface area contributed by atoms with Crippen molar-refractivity contribution in [3.63, 3.8) is 0 Å². The summed E-state index contributed by atoms with van der Waals surface area (Å²) in [5, 5.41) is 0. The molecule has 0 aliphatic carbocycles. The van der Waals surface area contributed by atoms with Crippen molar-refractivity contribution in [3.05, 3.63) is 23.8 Å². The molecule has 0 aromatic heterocycles. The van der Waals surface area contributed by atoms with Crippen LogP contribution in [0.1, 0.15) is 30.1 Å². The fourth-order valence-electron chi connectivity index (χ4n) is 2.99. The van der Waals surface area contributed by atoms with Gasteiger partial charge in [-0.2, -0.15) is 0 Å². The summed E-state index contributed by atoms with van der Waals surface area (Å²) >= 11 is 0. The van der Waals surface area contributed by atoms with Crippen LogP contribution in [0.5, 0.6) is 11.5 Å². The van der Waals surface area contributed by atoms with Crippen LogP contribution in [0, 0.1) is 5.92 Å². The van der Waals surface area contributed by atoms with Gasteiger partial charge in [0.2, 0.25) is 0 Å². The Hall–Kier alpha value is -3.30. The van der Waals surface area contributed by atoms with Gasteiger partial charge in [-0.25, -0.2) is 4.79 Å². The molecule has 1 aliphatic heterocycles. The molecule has 30 heavy (non-hydrogen) atoms. The molecule has 2 amide bonds. The van der Waals surface area contributed by atoms with E-state index in [9.17, 15) is 19.2 Å². The van der Waals surface area contributed by atoms with Crippen LogP contribution in [0.15, 0.2) is 18.2 Å². The molecule has 2 rings (SSSR count). The minimum Gasteiger partial charge on any atom is -0.493 e. The Labute approximate surface area is 174 Å². The topological polar surface area (TPSA) is 134 Å². The quantitative estimate of drug-likeness (QED) is 0.569. The van der Waals surface area contributed by atoms with Gasteiger partial charge < -0.3 is 29.6 Å². The molecular formula is C20H26N2O8. The predicted octanol–water partition coefficient (Wildman–Crippen LogP) is 0.518. The van der Waals surface area contributed by atoms with Crippen molar-refractivity contribution >= 4 is 23.8 Å². The maximum absolute atomic E-state index is 12.3. The number of ether oxygens (including phenoxy) is 4. The van der Waals surface area contributed by atoms with E-state index in [2.05, 4.69) is 0 Å². The van der Waals surface area contributed by atoms with Crippen LogP contribution in [0.4, 0.5) is 0 Å². The molecule has 0 bridgehead atoms. The highest BCUT2D eigenvalue weighted by atomic mass is 16.5. The number of hydrogen-bond acceptors (Lipinski definition) is 8. The fourth-order valence-corrected chi connectivity index (χ4v) is 2.99. The van der Waals surface area contributed by atoms with Crippen LogP contribution >= 0.6 is 0 Å². The van der Waals surface area contributed by atoms with Crippen LogP contribution in [0.25, 0.3) is 0 Å². The van der Waals surface area contributed by atoms with Gasteiger partial charge >= 0.3 is 11.9 Å². The van der Waals surface area contributed by atoms with E-state index in [0.717, 1.165) is 0 Å². The Morgan fingerprint density at radius 2 is 1.77 bits per heavy atom. The Balaban J connectivity index is 1.86. The van der Waals surface area contributed by atoms with E-state index in [-0.39, 0.29) is 41.5 Å². The number of carbonyl (C=O) groups is 4. The smallest absolute Gasteiger partial charge is 0.338 e. The highest BCUT2D eigenvalue weighted by Gasteiger charge is 2.28. The summed E-state index contributed by atoms with van der Waals surface area (Å²) in [7, 11) is 1.38. The highest BCUT2D eigenvalue weighted by Crippen LogP contribution is 2.28. The lowest BCUT2D eigenvalue weighted by Crippen LogP contribution is -2.42. The number of amides is 2. The van der Waals surface area contributed by atoms with Crippen molar-refractivity contribution in [1.29, 1.82) is 0 Å². The van der Waals surface area contributed by atoms with Gasteiger partial charge in [0.05, 0.1) is 25.2 Å². The molecule has 1 heterocycles. The maximum atomic E-state index is 12.3. The largest absolute Gasteiger partial charge is 0.493 e. The number of benzene rings is 1. The van der Waals surface area contributed by atoms with Crippen molar-refractivity contribution in [2.45, 2.75) is 19.8 Å². The van der Waals surface area contributed by atoms with Crippen LogP contribution < -0.4 is 15.2 Å². The van der Waals surface area contributed by atoms with E-state index in [1.54, 1.807) is 11.8 Å². The van der Waals surface area contributed by atoms with E-state index in [1.807, 2.05) is 0 Å². The van der Waals surface area contributed by atoms with E-state index >= 15 is 0 Å². The number of rotatable bonds is 9. The average molecular weight is 422 g/mol. The molecule has 0 saturated carbocycles. The molecule has 1 saturated heterocycles. The summed E-state index contributed by atoms with van der Waals surface area (Å²) in [6.07, 6.45) is 1.03. The van der Waals surface area contributed by atoms with Crippen molar-refractivity contribution < 1.29 is 38.1 Å². The first-order valence-electron chi connectivity index (χ1n) is 9.56. The van der Waals surface area contributed by atoms with Crippen molar-refractivity contribution in [2.75, 3.05) is 40.0 Å². The van der Waals surface area contributed by atoms with Crippen molar-refractivity contribution in [1.82, 2.24) is 4.90 Å². The summed E-state index contributed by atoms with van der Waals surface area (Å²) in [5.74, 6) is -1.67. The predicted molar refractivity (Wildman–Crippen MR) is 104 cm³/mol. The number of methoxy groups -OCH3 is 1. The third-order valence-corrected chi connectivity index (χ3v) is 4.56. The van der Waals surface area contributed by atoms with Gasteiger partial charge in [-0.05, 0) is 38.0 Å². The van der Waals surface area contributed by atoms with Crippen LogP contribution in [-0.2, 0) is 23.9 Å². The summed E-state index contributed by atoms with van der Waals surface area (Å²) in [6, 6.07) is 4.25. The highest BCUT2D eigenvalue weighted by molar-refractivity contribution is 5.92. The first-order chi connectivity index (χ1) is 14.3. The Kier molecular flexibility index (Phi) is 8.45. The number of carbonyl (C=O) groups excluding carboxylic acids is 4. The van der Waals surface area contributed by atoms with Gasteiger partial charge in [0.25, 0.3) is 11.8 Å². The van der Waals surface area contributed by atoms with Crippen LogP contribution in [0.2, 0.25) is 0 Å². The molecule has 0 atom stereocenters. The van der Waals surface area contributed by atoms with Gasteiger partial charge in [0.1, 0.15) is 0 Å². The van der Waals surface area contributed by atoms with E-state index in [0.29, 0.717) is 32.5 Å². The number of nitrogens with two attached hydrogens (primary N) is 1. The second kappa shape index (κ2) is 11.0. The molecule has 0 spiro atoms. The Bertz CT molecular complexity index is 787. The van der Waals surface area contributed by atoms with Gasteiger partial charge in [-0.15, -0.1) is 0 Å². The van der Waals surface area contributed by atoms with Gasteiger partial charge in [-0.1, -0.05) is 0 Å². The zero-order valence-electron chi connectivity index (χ0n) is 17.0. The lowest BCUT2D eigenvalue weighted by Gasteiger charge is -2.30. The monoisotopic (exact) mass is 422 g/mol. The molecule has 1 aromatic carbocycles. The zero-order valence-corrected chi connectivity index (χ0v) is 17.0. The lowest BCUT2D eigenvalue weighted by atomic mass is 9.97.